The molecule has 2 rings (SSSR count). The van der Waals surface area contributed by atoms with Crippen molar-refractivity contribution >= 4 is 5.95 Å². The van der Waals surface area contributed by atoms with Crippen LogP contribution in [0, 0.1) is 5.82 Å². The van der Waals surface area contributed by atoms with Crippen molar-refractivity contribution in [2.75, 3.05) is 18.0 Å². The molecule has 1 aliphatic rings. The first-order valence-corrected chi connectivity index (χ1v) is 6.18. The van der Waals surface area contributed by atoms with E-state index >= 15 is 0 Å². The van der Waals surface area contributed by atoms with Crippen molar-refractivity contribution in [3.05, 3.63) is 18.2 Å². The minimum atomic E-state index is -0.435. The second-order valence-electron chi connectivity index (χ2n) is 4.91. The van der Waals surface area contributed by atoms with Crippen LogP contribution in [0.5, 0.6) is 0 Å². The summed E-state index contributed by atoms with van der Waals surface area (Å²) >= 11 is 0. The number of halogens is 1. The molecule has 5 nitrogen and oxygen atoms in total. The maximum absolute atomic E-state index is 12.8. The lowest BCUT2D eigenvalue weighted by atomic mass is 10.0. The Labute approximate surface area is 106 Å². The summed E-state index contributed by atoms with van der Waals surface area (Å²) in [5, 5.41) is 0. The third kappa shape index (κ3) is 3.36. The first kappa shape index (κ1) is 13.2. The van der Waals surface area contributed by atoms with E-state index in [9.17, 15) is 4.39 Å². The number of anilines is 1. The molecule has 2 atom stereocenters. The summed E-state index contributed by atoms with van der Waals surface area (Å²) in [6, 6.07) is 0.0242. The van der Waals surface area contributed by atoms with Gasteiger partial charge in [0.05, 0.1) is 24.6 Å². The molecule has 100 valence electrons. The van der Waals surface area contributed by atoms with Crippen LogP contribution in [0.2, 0.25) is 0 Å². The molecule has 0 aliphatic carbocycles. The predicted octanol–water partition coefficient (Wildman–Crippen LogP) is 0.947. The second-order valence-corrected chi connectivity index (χ2v) is 4.91. The molecule has 1 aromatic heterocycles. The van der Waals surface area contributed by atoms with Crippen molar-refractivity contribution in [2.24, 2.45) is 5.73 Å². The highest BCUT2D eigenvalue weighted by atomic mass is 19.1. The fourth-order valence-electron chi connectivity index (χ4n) is 2.21. The molecule has 18 heavy (non-hydrogen) atoms. The zero-order chi connectivity index (χ0) is 13.1. The molecule has 1 fully saturated rings. The van der Waals surface area contributed by atoms with Crippen LogP contribution in [-0.4, -0.2) is 41.3 Å². The van der Waals surface area contributed by atoms with Gasteiger partial charge in [-0.2, -0.15) is 0 Å². The van der Waals surface area contributed by atoms with Crippen LogP contribution in [0.25, 0.3) is 0 Å². The van der Waals surface area contributed by atoms with E-state index in [1.165, 1.54) is 12.4 Å². The molecule has 0 unspecified atom stereocenters. The van der Waals surface area contributed by atoms with E-state index in [0.717, 1.165) is 6.42 Å². The zero-order valence-electron chi connectivity index (χ0n) is 10.7. The summed E-state index contributed by atoms with van der Waals surface area (Å²) < 4.78 is 18.6. The van der Waals surface area contributed by atoms with Crippen molar-refractivity contribution in [3.8, 4) is 0 Å². The van der Waals surface area contributed by atoms with Gasteiger partial charge in [0.2, 0.25) is 5.95 Å². The molecule has 2 N–H and O–H groups in total. The van der Waals surface area contributed by atoms with Gasteiger partial charge in [-0.1, -0.05) is 0 Å². The first-order chi connectivity index (χ1) is 8.54. The Morgan fingerprint density at radius 1 is 1.39 bits per heavy atom. The zero-order valence-corrected chi connectivity index (χ0v) is 10.7. The molecule has 6 heteroatoms. The minimum Gasteiger partial charge on any atom is -0.374 e. The number of rotatable bonds is 3. The van der Waals surface area contributed by atoms with E-state index in [1.807, 2.05) is 18.7 Å². The number of nitrogens with zero attached hydrogens (tertiary/aromatic N) is 3. The molecule has 0 bridgehead atoms. The van der Waals surface area contributed by atoms with E-state index < -0.39 is 5.82 Å². The summed E-state index contributed by atoms with van der Waals surface area (Å²) in [6.07, 6.45) is 3.40. The number of hydrogen-bond donors (Lipinski definition) is 1. The summed E-state index contributed by atoms with van der Waals surface area (Å²) in [4.78, 5) is 9.90. The van der Waals surface area contributed by atoms with Gasteiger partial charge in [0.25, 0.3) is 0 Å². The third-order valence-corrected chi connectivity index (χ3v) is 2.80. The molecule has 0 spiro atoms. The van der Waals surface area contributed by atoms with Crippen molar-refractivity contribution in [1.82, 2.24) is 9.97 Å². The maximum Gasteiger partial charge on any atom is 0.225 e. The highest BCUT2D eigenvalue weighted by Crippen LogP contribution is 2.18. The largest absolute Gasteiger partial charge is 0.374 e. The normalized spacial score (nSPS) is 24.6. The molecule has 1 saturated heterocycles. The fraction of sp³-hybridized carbons (Fsp3) is 0.667. The predicted molar refractivity (Wildman–Crippen MR) is 66.8 cm³/mol. The summed E-state index contributed by atoms with van der Waals surface area (Å²) in [5.41, 5.74) is 6.01. The maximum atomic E-state index is 12.8. The van der Waals surface area contributed by atoms with Gasteiger partial charge in [-0.05, 0) is 20.3 Å². The van der Waals surface area contributed by atoms with Gasteiger partial charge >= 0.3 is 0 Å². The van der Waals surface area contributed by atoms with E-state index in [4.69, 9.17) is 10.5 Å². The smallest absolute Gasteiger partial charge is 0.225 e. The number of aromatic nitrogens is 2. The van der Waals surface area contributed by atoms with Crippen LogP contribution in [0.3, 0.4) is 0 Å². The van der Waals surface area contributed by atoms with Crippen molar-refractivity contribution in [2.45, 2.75) is 38.5 Å². The van der Waals surface area contributed by atoms with Gasteiger partial charge in [0.15, 0.2) is 5.82 Å². The van der Waals surface area contributed by atoms with Gasteiger partial charge < -0.3 is 15.4 Å². The van der Waals surface area contributed by atoms with Crippen LogP contribution >= 0.6 is 0 Å². The van der Waals surface area contributed by atoms with Crippen LogP contribution in [0.1, 0.15) is 20.3 Å². The fourth-order valence-corrected chi connectivity index (χ4v) is 2.21. The molecule has 1 aliphatic heterocycles. The molecular weight excluding hydrogens is 235 g/mol. The van der Waals surface area contributed by atoms with Crippen molar-refractivity contribution in [3.63, 3.8) is 0 Å². The van der Waals surface area contributed by atoms with Gasteiger partial charge in [-0.15, -0.1) is 0 Å². The summed E-state index contributed by atoms with van der Waals surface area (Å²) in [6.45, 7) is 5.36. The van der Waals surface area contributed by atoms with Crippen LogP contribution < -0.4 is 10.6 Å². The number of piperidine rings is 1. The van der Waals surface area contributed by atoms with Crippen LogP contribution in [0.4, 0.5) is 10.3 Å². The molecule has 0 radical (unpaired) electrons. The van der Waals surface area contributed by atoms with E-state index in [1.54, 1.807) is 0 Å². The lowest BCUT2D eigenvalue weighted by Crippen LogP contribution is -2.51. The number of ether oxygens (including phenoxy) is 1. The quantitative estimate of drug-likeness (QED) is 0.870. The lowest BCUT2D eigenvalue weighted by molar-refractivity contribution is -0.00249. The topological polar surface area (TPSA) is 64.3 Å². The van der Waals surface area contributed by atoms with Gasteiger partial charge in [-0.25, -0.2) is 14.4 Å². The first-order valence-electron chi connectivity index (χ1n) is 6.18. The van der Waals surface area contributed by atoms with E-state index in [0.29, 0.717) is 19.0 Å². The monoisotopic (exact) mass is 254 g/mol. The molecule has 1 aromatic rings. The highest BCUT2D eigenvalue weighted by molar-refractivity contribution is 5.30. The van der Waals surface area contributed by atoms with Gasteiger partial charge in [0.1, 0.15) is 0 Å². The lowest BCUT2D eigenvalue weighted by Gasteiger charge is -2.36. The average molecular weight is 254 g/mol. The molecule has 0 saturated carbocycles. The molecule has 0 amide bonds. The number of nitrogens with two attached hydrogens (primary N) is 1. The Bertz CT molecular complexity index is 382. The van der Waals surface area contributed by atoms with E-state index in [2.05, 4.69) is 9.97 Å². The Hall–Kier alpha value is -1.27. The minimum absolute atomic E-state index is 0.0242. The average Bonchev–Trinajstić information content (AvgIpc) is 2.28. The summed E-state index contributed by atoms with van der Waals surface area (Å²) in [7, 11) is 0. The van der Waals surface area contributed by atoms with Crippen LogP contribution in [0.15, 0.2) is 12.4 Å². The highest BCUT2D eigenvalue weighted by Gasteiger charge is 2.27. The Morgan fingerprint density at radius 3 is 2.67 bits per heavy atom. The molecular formula is C12H19FN4O. The molecule has 0 aromatic carbocycles. The third-order valence-electron chi connectivity index (χ3n) is 2.80. The standard InChI is InChI=1S/C12H19FN4O/c1-8(2)18-11-3-10(14)6-17(7-11)12-15-4-9(13)5-16-12/h4-5,8,10-11H,3,6-7,14H2,1-2H3/t10-,11-/m0/s1. The second kappa shape index (κ2) is 5.58. The van der Waals surface area contributed by atoms with Gasteiger partial charge in [0, 0.05) is 19.1 Å². The molecule has 2 heterocycles. The SMILES string of the molecule is CC(C)O[C@H]1C[C@H](N)CN(c2ncc(F)cn2)C1. The summed E-state index contributed by atoms with van der Waals surface area (Å²) in [5.74, 6) is 0.0685. The van der Waals surface area contributed by atoms with Crippen molar-refractivity contribution in [1.29, 1.82) is 0 Å². The van der Waals surface area contributed by atoms with Gasteiger partial charge in [-0.3, -0.25) is 0 Å². The Morgan fingerprint density at radius 2 is 2.06 bits per heavy atom. The van der Waals surface area contributed by atoms with Crippen LogP contribution in [-0.2, 0) is 4.74 Å². The number of hydrogen-bond acceptors (Lipinski definition) is 5. The Kier molecular flexibility index (Phi) is 4.08. The Balaban J connectivity index is 2.06. The van der Waals surface area contributed by atoms with Crippen molar-refractivity contribution < 1.29 is 9.13 Å². The van der Waals surface area contributed by atoms with E-state index in [-0.39, 0.29) is 18.2 Å².